The van der Waals surface area contributed by atoms with Crippen molar-refractivity contribution in [3.63, 3.8) is 0 Å². The van der Waals surface area contributed by atoms with Crippen LogP contribution in [-0.4, -0.2) is 34.5 Å². The molecule has 24 heavy (non-hydrogen) atoms. The number of benzene rings is 2. The molecule has 0 fully saturated rings. The largest absolute Gasteiger partial charge is 0.493 e. The summed E-state index contributed by atoms with van der Waals surface area (Å²) in [5.41, 5.74) is 3.53. The molecule has 0 unspecified atom stereocenters. The van der Waals surface area contributed by atoms with E-state index in [9.17, 15) is 14.7 Å². The van der Waals surface area contributed by atoms with Gasteiger partial charge >= 0.3 is 5.97 Å². The van der Waals surface area contributed by atoms with E-state index in [1.807, 2.05) is 30.3 Å². The number of rotatable bonds is 2. The van der Waals surface area contributed by atoms with Gasteiger partial charge in [-0.2, -0.15) is 0 Å². The highest BCUT2D eigenvalue weighted by Gasteiger charge is 2.35. The summed E-state index contributed by atoms with van der Waals surface area (Å²) < 4.78 is 5.47. The SMILES string of the molecule is O=C(O)[C@@H]1Cc2ccccc2CN1C(=O)c1ccc2c(c1)CCO2. The Bertz CT molecular complexity index is 830. The van der Waals surface area contributed by atoms with Gasteiger partial charge in [0.15, 0.2) is 0 Å². The third-order valence-corrected chi connectivity index (χ3v) is 4.73. The molecule has 0 spiro atoms. The molecule has 2 aliphatic heterocycles. The normalized spacial score (nSPS) is 18.5. The first-order valence-electron chi connectivity index (χ1n) is 8.00. The first-order chi connectivity index (χ1) is 11.6. The van der Waals surface area contributed by atoms with Crippen molar-refractivity contribution in [2.45, 2.75) is 25.4 Å². The number of aliphatic carboxylic acids is 1. The molecule has 0 saturated carbocycles. The minimum absolute atomic E-state index is 0.244. The van der Waals surface area contributed by atoms with Crippen molar-refractivity contribution in [3.8, 4) is 5.75 Å². The molecule has 0 bridgehead atoms. The fourth-order valence-electron chi connectivity index (χ4n) is 3.44. The molecular formula is C19H17NO4. The quantitative estimate of drug-likeness (QED) is 0.921. The third kappa shape index (κ3) is 2.42. The summed E-state index contributed by atoms with van der Waals surface area (Å²) in [7, 11) is 0. The molecule has 0 aromatic heterocycles. The minimum atomic E-state index is -0.970. The van der Waals surface area contributed by atoms with Gasteiger partial charge < -0.3 is 14.7 Å². The lowest BCUT2D eigenvalue weighted by molar-refractivity contribution is -0.142. The summed E-state index contributed by atoms with van der Waals surface area (Å²) >= 11 is 0. The van der Waals surface area contributed by atoms with Gasteiger partial charge in [0.05, 0.1) is 6.61 Å². The molecule has 2 heterocycles. The Hall–Kier alpha value is -2.82. The second kappa shape index (κ2) is 5.67. The van der Waals surface area contributed by atoms with Crippen LogP contribution in [0.4, 0.5) is 0 Å². The van der Waals surface area contributed by atoms with Crippen LogP contribution < -0.4 is 4.74 Å². The van der Waals surface area contributed by atoms with Gasteiger partial charge in [-0.25, -0.2) is 4.79 Å². The Balaban J connectivity index is 1.68. The van der Waals surface area contributed by atoms with Crippen molar-refractivity contribution in [2.24, 2.45) is 0 Å². The van der Waals surface area contributed by atoms with Crippen LogP contribution in [-0.2, 0) is 24.2 Å². The highest BCUT2D eigenvalue weighted by molar-refractivity contribution is 5.97. The number of nitrogens with zero attached hydrogens (tertiary/aromatic N) is 1. The maximum Gasteiger partial charge on any atom is 0.326 e. The first kappa shape index (κ1) is 14.8. The van der Waals surface area contributed by atoms with Gasteiger partial charge in [-0.05, 0) is 34.9 Å². The predicted octanol–water partition coefficient (Wildman–Crippen LogP) is 2.27. The van der Waals surface area contributed by atoms with Crippen molar-refractivity contribution >= 4 is 11.9 Å². The molecule has 1 atom stereocenters. The number of carboxylic acids is 1. The molecule has 122 valence electrons. The second-order valence-corrected chi connectivity index (χ2v) is 6.18. The van der Waals surface area contributed by atoms with Crippen LogP contribution >= 0.6 is 0 Å². The Morgan fingerprint density at radius 3 is 2.67 bits per heavy atom. The highest BCUT2D eigenvalue weighted by Crippen LogP contribution is 2.29. The fraction of sp³-hybridized carbons (Fsp3) is 0.263. The van der Waals surface area contributed by atoms with E-state index in [4.69, 9.17) is 4.74 Å². The standard InChI is InChI=1S/C19H17NO4/c21-18(14-5-6-17-13(9-14)7-8-24-17)20-11-15-4-2-1-3-12(15)10-16(20)19(22)23/h1-6,9,16H,7-8,10-11H2,(H,22,23)/t16-/m0/s1. The molecule has 4 rings (SSSR count). The molecule has 2 aromatic carbocycles. The molecule has 5 nitrogen and oxygen atoms in total. The fourth-order valence-corrected chi connectivity index (χ4v) is 3.44. The number of ether oxygens (including phenoxy) is 1. The van der Waals surface area contributed by atoms with Crippen molar-refractivity contribution < 1.29 is 19.4 Å². The molecule has 1 N–H and O–H groups in total. The van der Waals surface area contributed by atoms with E-state index in [0.717, 1.165) is 28.9 Å². The van der Waals surface area contributed by atoms with Crippen LogP contribution in [0.1, 0.15) is 27.0 Å². The van der Waals surface area contributed by atoms with E-state index in [0.29, 0.717) is 25.1 Å². The lowest BCUT2D eigenvalue weighted by Gasteiger charge is -2.34. The number of carbonyl (C=O) groups excluding carboxylic acids is 1. The first-order valence-corrected chi connectivity index (χ1v) is 8.00. The van der Waals surface area contributed by atoms with Crippen LogP contribution in [0.2, 0.25) is 0 Å². The summed E-state index contributed by atoms with van der Waals surface area (Å²) in [4.78, 5) is 26.1. The number of amides is 1. The molecule has 0 aliphatic carbocycles. The lowest BCUT2D eigenvalue weighted by Crippen LogP contribution is -2.48. The zero-order chi connectivity index (χ0) is 16.7. The lowest BCUT2D eigenvalue weighted by atomic mass is 9.93. The predicted molar refractivity (Wildman–Crippen MR) is 87.1 cm³/mol. The number of hydrogen-bond donors (Lipinski definition) is 1. The number of hydrogen-bond acceptors (Lipinski definition) is 3. The van der Waals surface area contributed by atoms with Gasteiger partial charge in [-0.15, -0.1) is 0 Å². The van der Waals surface area contributed by atoms with Crippen LogP contribution in [0.5, 0.6) is 5.75 Å². The second-order valence-electron chi connectivity index (χ2n) is 6.18. The summed E-state index contributed by atoms with van der Waals surface area (Å²) in [6.45, 7) is 0.946. The van der Waals surface area contributed by atoms with Gasteiger partial charge in [0.1, 0.15) is 11.8 Å². The molecule has 2 aliphatic rings. The number of carbonyl (C=O) groups is 2. The van der Waals surface area contributed by atoms with Crippen molar-refractivity contribution in [1.82, 2.24) is 4.90 Å². The van der Waals surface area contributed by atoms with Gasteiger partial charge in [-0.3, -0.25) is 4.79 Å². The highest BCUT2D eigenvalue weighted by atomic mass is 16.5. The molecule has 2 aromatic rings. The maximum absolute atomic E-state index is 12.9. The Morgan fingerprint density at radius 2 is 1.88 bits per heavy atom. The van der Waals surface area contributed by atoms with Gasteiger partial charge in [-0.1, -0.05) is 24.3 Å². The zero-order valence-corrected chi connectivity index (χ0v) is 13.1. The monoisotopic (exact) mass is 323 g/mol. The van der Waals surface area contributed by atoms with Gasteiger partial charge in [0.2, 0.25) is 0 Å². The molecular weight excluding hydrogens is 306 g/mol. The Kier molecular flexibility index (Phi) is 3.49. The van der Waals surface area contributed by atoms with E-state index < -0.39 is 12.0 Å². The molecule has 0 radical (unpaired) electrons. The van der Waals surface area contributed by atoms with E-state index in [2.05, 4.69) is 0 Å². The number of carboxylic acid groups (broad SMARTS) is 1. The van der Waals surface area contributed by atoms with Crippen molar-refractivity contribution in [1.29, 1.82) is 0 Å². The third-order valence-electron chi connectivity index (χ3n) is 4.73. The summed E-state index contributed by atoms with van der Waals surface area (Å²) in [5, 5.41) is 9.57. The molecule has 1 amide bonds. The topological polar surface area (TPSA) is 66.8 Å². The van der Waals surface area contributed by atoms with Gasteiger partial charge in [0.25, 0.3) is 5.91 Å². The van der Waals surface area contributed by atoms with Crippen LogP contribution in [0, 0.1) is 0 Å². The Labute approximate surface area is 139 Å². The van der Waals surface area contributed by atoms with Crippen LogP contribution in [0.15, 0.2) is 42.5 Å². The smallest absolute Gasteiger partial charge is 0.326 e. The minimum Gasteiger partial charge on any atom is -0.493 e. The Morgan fingerprint density at radius 1 is 1.08 bits per heavy atom. The zero-order valence-electron chi connectivity index (χ0n) is 13.1. The van der Waals surface area contributed by atoms with Gasteiger partial charge in [0, 0.05) is 24.9 Å². The van der Waals surface area contributed by atoms with E-state index in [1.165, 1.54) is 4.90 Å². The summed E-state index contributed by atoms with van der Waals surface area (Å²) in [6.07, 6.45) is 1.12. The van der Waals surface area contributed by atoms with Crippen molar-refractivity contribution in [2.75, 3.05) is 6.61 Å². The number of fused-ring (bicyclic) bond motifs is 2. The molecule has 5 heteroatoms. The van der Waals surface area contributed by atoms with Crippen LogP contribution in [0.3, 0.4) is 0 Å². The summed E-state index contributed by atoms with van der Waals surface area (Å²) in [6, 6.07) is 12.2. The maximum atomic E-state index is 12.9. The average Bonchev–Trinajstić information content (AvgIpc) is 3.07. The van der Waals surface area contributed by atoms with Crippen molar-refractivity contribution in [3.05, 3.63) is 64.7 Å². The van der Waals surface area contributed by atoms with E-state index >= 15 is 0 Å². The molecule has 0 saturated heterocycles. The van der Waals surface area contributed by atoms with Crippen LogP contribution in [0.25, 0.3) is 0 Å². The summed E-state index contributed by atoms with van der Waals surface area (Å²) in [5.74, 6) is -0.403. The van der Waals surface area contributed by atoms with E-state index in [-0.39, 0.29) is 5.91 Å². The average molecular weight is 323 g/mol. The van der Waals surface area contributed by atoms with E-state index in [1.54, 1.807) is 12.1 Å².